The van der Waals surface area contributed by atoms with E-state index in [0.29, 0.717) is 5.75 Å². The third kappa shape index (κ3) is 6.37. The van der Waals surface area contributed by atoms with Gasteiger partial charge in [-0.3, -0.25) is 0 Å². The predicted octanol–water partition coefficient (Wildman–Crippen LogP) is 6.69. The smallest absolute Gasteiger partial charge is 0.341 e. The lowest BCUT2D eigenvalue weighted by molar-refractivity contribution is -0.139. The first-order valence-corrected chi connectivity index (χ1v) is 11.2. The summed E-state index contributed by atoms with van der Waals surface area (Å²) in [6.07, 6.45) is 2.22. The molecule has 3 nitrogen and oxygen atoms in total. The molecule has 0 unspecified atom stereocenters. The number of thioether (sulfide) groups is 1. The Bertz CT molecular complexity index is 998. The van der Waals surface area contributed by atoms with Crippen LogP contribution in [0.4, 0.5) is 0 Å². The van der Waals surface area contributed by atoms with Gasteiger partial charge in [-0.2, -0.15) is 0 Å². The van der Waals surface area contributed by atoms with Gasteiger partial charge in [-0.05, 0) is 70.0 Å². The van der Waals surface area contributed by atoms with Crippen molar-refractivity contribution in [2.24, 2.45) is 0 Å². The van der Waals surface area contributed by atoms with Crippen LogP contribution in [0.15, 0.2) is 83.8 Å². The van der Waals surface area contributed by atoms with E-state index in [1.165, 1.54) is 20.3 Å². The van der Waals surface area contributed by atoms with Crippen LogP contribution in [0.3, 0.4) is 0 Å². The molecule has 29 heavy (non-hydrogen) atoms. The fourth-order valence-corrected chi connectivity index (χ4v) is 4.54. The molecule has 148 valence electrons. The van der Waals surface area contributed by atoms with Crippen molar-refractivity contribution in [2.75, 3.05) is 12.4 Å². The summed E-state index contributed by atoms with van der Waals surface area (Å²) in [4.78, 5) is 11.8. The molecule has 0 radical (unpaired) electrons. The number of aryl methyl sites for hydroxylation is 1. The summed E-state index contributed by atoms with van der Waals surface area (Å²) in [5, 5.41) is 8.72. The molecule has 0 aliphatic rings. The molecule has 0 atom stereocenters. The van der Waals surface area contributed by atoms with Crippen LogP contribution >= 0.6 is 34.4 Å². The lowest BCUT2D eigenvalue weighted by Crippen LogP contribution is -2.09. The van der Waals surface area contributed by atoms with Crippen molar-refractivity contribution >= 4 is 43.9 Å². The maximum atomic E-state index is 10.6. The van der Waals surface area contributed by atoms with Crippen LogP contribution in [-0.2, 0) is 4.79 Å². The Balaban J connectivity index is 1.58. The Kier molecular flexibility index (Phi) is 7.77. The quantitative estimate of drug-likeness (QED) is 0.268. The fraction of sp³-hybridized carbons (Fsp3) is 0.125. The Hall–Kier alpha value is -2.25. The predicted molar refractivity (Wildman–Crippen MR) is 129 cm³/mol. The zero-order valence-electron chi connectivity index (χ0n) is 16.0. The maximum Gasteiger partial charge on any atom is 0.341 e. The monoisotopic (exact) mass is 516 g/mol. The maximum absolute atomic E-state index is 10.6. The number of ether oxygens (including phenoxy) is 1. The Labute approximate surface area is 188 Å². The number of rotatable bonds is 8. The van der Waals surface area contributed by atoms with Gasteiger partial charge < -0.3 is 9.84 Å². The zero-order valence-corrected chi connectivity index (χ0v) is 18.9. The first-order chi connectivity index (χ1) is 14.0. The molecule has 0 spiro atoms. The third-order valence-corrected chi connectivity index (χ3v) is 6.26. The molecule has 0 aromatic heterocycles. The molecular formula is C24H21IO3S. The molecular weight excluding hydrogens is 495 g/mol. The van der Waals surface area contributed by atoms with Crippen molar-refractivity contribution in [2.45, 2.75) is 11.8 Å². The summed E-state index contributed by atoms with van der Waals surface area (Å²) in [7, 11) is 0. The largest absolute Gasteiger partial charge is 0.482 e. The van der Waals surface area contributed by atoms with E-state index in [1.807, 2.05) is 31.2 Å². The highest BCUT2D eigenvalue weighted by Gasteiger charge is 2.05. The standard InChI is InChI=1S/C24H21IO3S/c1-17-15-21(11-12-23(17)28-16-24(26)27)29-14-13-22(25)20-9-7-19(8-10-20)18-5-3-2-4-6-18/h2-13,15H,14,16H2,1H3,(H,26,27)/b22-13-. The second-order valence-electron chi connectivity index (χ2n) is 6.42. The third-order valence-electron chi connectivity index (χ3n) is 4.28. The van der Waals surface area contributed by atoms with Crippen molar-refractivity contribution in [1.29, 1.82) is 0 Å². The number of hydrogen-bond donors (Lipinski definition) is 1. The minimum absolute atomic E-state index is 0.322. The molecule has 5 heteroatoms. The summed E-state index contributed by atoms with van der Waals surface area (Å²) in [6.45, 7) is 1.60. The summed E-state index contributed by atoms with van der Waals surface area (Å²) < 4.78 is 6.49. The van der Waals surface area contributed by atoms with Gasteiger partial charge in [0.05, 0.1) is 0 Å². The Morgan fingerprint density at radius 3 is 2.38 bits per heavy atom. The normalized spacial score (nSPS) is 11.3. The summed E-state index contributed by atoms with van der Waals surface area (Å²) >= 11 is 4.12. The number of benzene rings is 3. The number of halogens is 1. The number of carboxylic acid groups (broad SMARTS) is 1. The van der Waals surface area contributed by atoms with Gasteiger partial charge in [-0.1, -0.05) is 60.7 Å². The van der Waals surface area contributed by atoms with Gasteiger partial charge >= 0.3 is 5.97 Å². The molecule has 0 aliphatic carbocycles. The van der Waals surface area contributed by atoms with Gasteiger partial charge in [-0.25, -0.2) is 4.79 Å². The van der Waals surface area contributed by atoms with Crippen LogP contribution in [0, 0.1) is 6.92 Å². The van der Waals surface area contributed by atoms with E-state index in [2.05, 4.69) is 77.2 Å². The Morgan fingerprint density at radius 1 is 1.03 bits per heavy atom. The molecule has 0 aliphatic heterocycles. The summed E-state index contributed by atoms with van der Waals surface area (Å²) in [5.41, 5.74) is 4.58. The molecule has 0 saturated heterocycles. The molecule has 0 saturated carbocycles. The van der Waals surface area contributed by atoms with Crippen LogP contribution in [0.1, 0.15) is 11.1 Å². The summed E-state index contributed by atoms with van der Waals surface area (Å²) in [6, 6.07) is 24.8. The molecule has 3 rings (SSSR count). The Morgan fingerprint density at radius 2 is 1.72 bits per heavy atom. The van der Waals surface area contributed by atoms with Gasteiger partial charge in [0.25, 0.3) is 0 Å². The van der Waals surface area contributed by atoms with Crippen LogP contribution in [0.25, 0.3) is 14.7 Å². The van der Waals surface area contributed by atoms with Crippen molar-refractivity contribution in [1.82, 2.24) is 0 Å². The van der Waals surface area contributed by atoms with Crippen LogP contribution in [-0.4, -0.2) is 23.4 Å². The molecule has 1 N–H and O–H groups in total. The topological polar surface area (TPSA) is 46.5 Å². The van der Waals surface area contributed by atoms with E-state index < -0.39 is 5.97 Å². The van der Waals surface area contributed by atoms with Crippen LogP contribution in [0.2, 0.25) is 0 Å². The molecule has 0 heterocycles. The van der Waals surface area contributed by atoms with Crippen molar-refractivity contribution in [3.05, 3.63) is 90.0 Å². The van der Waals surface area contributed by atoms with E-state index >= 15 is 0 Å². The van der Waals surface area contributed by atoms with Crippen molar-refractivity contribution in [3.63, 3.8) is 0 Å². The molecule has 3 aromatic rings. The van der Waals surface area contributed by atoms with Gasteiger partial charge in [0.1, 0.15) is 5.75 Å². The SMILES string of the molecule is Cc1cc(SC/C=C(\I)c2ccc(-c3ccccc3)cc2)ccc1OCC(=O)O. The van der Waals surface area contributed by atoms with Crippen LogP contribution < -0.4 is 4.74 Å². The highest BCUT2D eigenvalue weighted by atomic mass is 127. The van der Waals surface area contributed by atoms with Crippen molar-refractivity contribution < 1.29 is 14.6 Å². The second-order valence-corrected chi connectivity index (χ2v) is 8.67. The minimum atomic E-state index is -0.973. The highest BCUT2D eigenvalue weighted by Crippen LogP contribution is 2.29. The van der Waals surface area contributed by atoms with Gasteiger partial charge in [0.15, 0.2) is 6.61 Å². The van der Waals surface area contributed by atoms with Gasteiger partial charge in [0, 0.05) is 14.2 Å². The fourth-order valence-electron chi connectivity index (χ4n) is 2.79. The van der Waals surface area contributed by atoms with E-state index in [0.717, 1.165) is 16.2 Å². The lowest BCUT2D eigenvalue weighted by Gasteiger charge is -2.08. The molecule has 0 fully saturated rings. The number of carboxylic acids is 1. The number of hydrogen-bond acceptors (Lipinski definition) is 3. The van der Waals surface area contributed by atoms with Gasteiger partial charge in [-0.15, -0.1) is 11.8 Å². The van der Waals surface area contributed by atoms with Crippen molar-refractivity contribution in [3.8, 4) is 16.9 Å². The first kappa shape index (κ1) is 21.5. The molecule has 0 amide bonds. The molecule has 3 aromatic carbocycles. The van der Waals surface area contributed by atoms with Crippen LogP contribution in [0.5, 0.6) is 5.75 Å². The summed E-state index contributed by atoms with van der Waals surface area (Å²) in [5.74, 6) is 0.493. The van der Waals surface area contributed by atoms with E-state index in [9.17, 15) is 4.79 Å². The van der Waals surface area contributed by atoms with E-state index in [4.69, 9.17) is 9.84 Å². The average Bonchev–Trinajstić information content (AvgIpc) is 2.73. The van der Waals surface area contributed by atoms with E-state index in [-0.39, 0.29) is 6.61 Å². The van der Waals surface area contributed by atoms with E-state index in [1.54, 1.807) is 11.8 Å². The van der Waals surface area contributed by atoms with Gasteiger partial charge in [0.2, 0.25) is 0 Å². The first-order valence-electron chi connectivity index (χ1n) is 9.12. The molecule has 0 bridgehead atoms. The minimum Gasteiger partial charge on any atom is -0.482 e. The number of aliphatic carboxylic acids is 1. The highest BCUT2D eigenvalue weighted by molar-refractivity contribution is 14.1. The average molecular weight is 516 g/mol. The zero-order chi connectivity index (χ0) is 20.6. The lowest BCUT2D eigenvalue weighted by atomic mass is 10.0. The number of carbonyl (C=O) groups is 1. The second kappa shape index (κ2) is 10.5.